The van der Waals surface area contributed by atoms with Crippen molar-refractivity contribution in [1.29, 1.82) is 0 Å². The normalized spacial score (nSPS) is 12.4. The van der Waals surface area contributed by atoms with E-state index in [0.717, 1.165) is 0 Å². The molecule has 0 unspecified atom stereocenters. The molecule has 1 aliphatic rings. The summed E-state index contributed by atoms with van der Waals surface area (Å²) in [5, 5.41) is 13.1. The van der Waals surface area contributed by atoms with E-state index in [1.165, 1.54) is 41.1 Å². The van der Waals surface area contributed by atoms with E-state index < -0.39 is 17.3 Å². The van der Waals surface area contributed by atoms with Crippen LogP contribution in [0, 0.1) is 5.82 Å². The van der Waals surface area contributed by atoms with Crippen molar-refractivity contribution in [1.82, 2.24) is 24.6 Å². The summed E-state index contributed by atoms with van der Waals surface area (Å²) in [6.45, 7) is 0.275. The van der Waals surface area contributed by atoms with E-state index >= 15 is 0 Å². The Bertz CT molecular complexity index is 1830. The fraction of sp³-hybridized carbons (Fsp3) is 0.0741. The molecule has 11 nitrogen and oxygen atoms in total. The van der Waals surface area contributed by atoms with Crippen molar-refractivity contribution in [3.05, 3.63) is 100 Å². The summed E-state index contributed by atoms with van der Waals surface area (Å²) in [5.41, 5.74) is 1.17. The minimum atomic E-state index is -0.630. The van der Waals surface area contributed by atoms with Crippen LogP contribution in [-0.4, -0.2) is 31.3 Å². The topological polar surface area (TPSA) is 132 Å². The molecule has 194 valence electrons. The van der Waals surface area contributed by atoms with Crippen molar-refractivity contribution >= 4 is 34.5 Å². The van der Waals surface area contributed by atoms with E-state index in [0.29, 0.717) is 39.5 Å². The van der Waals surface area contributed by atoms with Gasteiger partial charge < -0.3 is 15.4 Å². The van der Waals surface area contributed by atoms with Gasteiger partial charge in [-0.15, -0.1) is 0 Å². The van der Waals surface area contributed by atoms with E-state index in [9.17, 15) is 18.8 Å². The van der Waals surface area contributed by atoms with E-state index in [1.54, 1.807) is 48.3 Å². The van der Waals surface area contributed by atoms with Gasteiger partial charge in [0.15, 0.2) is 5.82 Å². The number of benzene rings is 2. The number of amides is 3. The first-order valence-corrected chi connectivity index (χ1v) is 11.8. The van der Waals surface area contributed by atoms with Crippen molar-refractivity contribution in [3.63, 3.8) is 0 Å². The second-order valence-corrected chi connectivity index (χ2v) is 8.72. The van der Waals surface area contributed by atoms with Crippen LogP contribution < -0.4 is 26.2 Å². The minimum Gasteiger partial charge on any atom is -0.457 e. The molecule has 3 amide bonds. The van der Waals surface area contributed by atoms with Gasteiger partial charge in [-0.25, -0.2) is 14.2 Å². The van der Waals surface area contributed by atoms with Crippen LogP contribution in [0.15, 0.2) is 77.9 Å². The third-order valence-corrected chi connectivity index (χ3v) is 6.25. The molecular formula is C27H20FN7O4. The molecule has 39 heavy (non-hydrogen) atoms. The smallest absolute Gasteiger partial charge is 0.320 e. The quantitative estimate of drug-likeness (QED) is 0.319. The van der Waals surface area contributed by atoms with E-state index in [4.69, 9.17) is 4.74 Å². The van der Waals surface area contributed by atoms with Gasteiger partial charge in [-0.05, 0) is 54.6 Å². The Balaban J connectivity index is 1.27. The molecule has 3 aromatic heterocycles. The number of urea groups is 1. The summed E-state index contributed by atoms with van der Waals surface area (Å²) < 4.78 is 22.3. The van der Waals surface area contributed by atoms with E-state index in [2.05, 4.69) is 26.0 Å². The fourth-order valence-electron chi connectivity index (χ4n) is 4.34. The Morgan fingerprint density at radius 2 is 1.92 bits per heavy atom. The van der Waals surface area contributed by atoms with Gasteiger partial charge >= 0.3 is 6.03 Å². The van der Waals surface area contributed by atoms with Gasteiger partial charge in [-0.2, -0.15) is 5.10 Å². The lowest BCUT2D eigenvalue weighted by molar-refractivity contribution is 0.102. The third kappa shape index (κ3) is 4.44. The number of nitrogens with zero attached hydrogens (tertiary/aromatic N) is 4. The van der Waals surface area contributed by atoms with Crippen LogP contribution in [0.4, 0.5) is 20.8 Å². The number of fused-ring (bicyclic) bond motifs is 2. The average molecular weight is 526 g/mol. The highest BCUT2D eigenvalue weighted by molar-refractivity contribution is 6.08. The maximum absolute atomic E-state index is 13.3. The number of halogens is 1. The number of nitrogens with one attached hydrogen (secondary N) is 3. The van der Waals surface area contributed by atoms with Crippen molar-refractivity contribution in [2.75, 3.05) is 10.6 Å². The van der Waals surface area contributed by atoms with E-state index in [1.807, 2.05) is 0 Å². The summed E-state index contributed by atoms with van der Waals surface area (Å²) in [4.78, 5) is 41.9. The molecular weight excluding hydrogens is 505 g/mol. The fourth-order valence-corrected chi connectivity index (χ4v) is 4.34. The number of carbonyl (C=O) groups excluding carboxylic acids is 2. The molecule has 0 bridgehead atoms. The second kappa shape index (κ2) is 9.41. The molecule has 0 fully saturated rings. The molecule has 5 aromatic rings. The van der Waals surface area contributed by atoms with Crippen molar-refractivity contribution in [2.45, 2.75) is 6.54 Å². The van der Waals surface area contributed by atoms with E-state index in [-0.39, 0.29) is 24.0 Å². The Hall–Kier alpha value is -5.52. The SMILES string of the molecule is Cn1nc(NC(=O)c2cccn(-c3ccc(F)cc3)c2=O)c2ccc(Oc3ccnc4c3CNC(=O)N4)cc21. The molecule has 4 heterocycles. The molecule has 0 aliphatic carbocycles. The zero-order valence-electron chi connectivity index (χ0n) is 20.4. The predicted molar refractivity (Wildman–Crippen MR) is 141 cm³/mol. The zero-order chi connectivity index (χ0) is 27.1. The Morgan fingerprint density at radius 1 is 1.10 bits per heavy atom. The van der Waals surface area contributed by atoms with Crippen LogP contribution in [0.5, 0.6) is 11.5 Å². The standard InChI is InChI=1S/C27H20FN7O4/c1-34-21-13-17(39-22-10-11-29-23-20(22)14-30-27(38)32-23)8-9-18(21)24(33-34)31-25(36)19-3-2-12-35(26(19)37)16-6-4-15(28)5-7-16/h2-13H,14H2,1H3,(H,31,33,36)(H2,29,30,32,38). The lowest BCUT2D eigenvalue weighted by Gasteiger charge is -2.19. The number of aromatic nitrogens is 4. The van der Waals surface area contributed by atoms with Gasteiger partial charge in [0.2, 0.25) is 0 Å². The Kier molecular flexibility index (Phi) is 5.76. The maximum atomic E-state index is 13.3. The molecule has 6 rings (SSSR count). The van der Waals surface area contributed by atoms with Crippen LogP contribution in [0.25, 0.3) is 16.6 Å². The number of anilines is 2. The molecule has 1 aliphatic heterocycles. The highest BCUT2D eigenvalue weighted by atomic mass is 19.1. The van der Waals surface area contributed by atoms with Gasteiger partial charge in [-0.3, -0.25) is 24.2 Å². The number of pyridine rings is 2. The van der Waals surface area contributed by atoms with Crippen LogP contribution in [0.1, 0.15) is 15.9 Å². The van der Waals surface area contributed by atoms with Crippen LogP contribution in [-0.2, 0) is 13.6 Å². The summed E-state index contributed by atoms with van der Waals surface area (Å²) in [6.07, 6.45) is 3.05. The molecule has 0 atom stereocenters. The van der Waals surface area contributed by atoms with Crippen LogP contribution in [0.2, 0.25) is 0 Å². The van der Waals surface area contributed by atoms with Crippen molar-refractivity contribution in [2.24, 2.45) is 7.05 Å². The van der Waals surface area contributed by atoms with Crippen LogP contribution >= 0.6 is 0 Å². The molecule has 0 saturated carbocycles. The van der Waals surface area contributed by atoms with Gasteiger partial charge in [-0.1, -0.05) is 0 Å². The number of hydrogen-bond acceptors (Lipinski definition) is 6. The Labute approximate surface area is 219 Å². The lowest BCUT2D eigenvalue weighted by Crippen LogP contribution is -2.34. The molecule has 0 saturated heterocycles. The van der Waals surface area contributed by atoms with Gasteiger partial charge in [0.25, 0.3) is 11.5 Å². The van der Waals surface area contributed by atoms with Gasteiger partial charge in [0, 0.05) is 36.6 Å². The largest absolute Gasteiger partial charge is 0.457 e. The Morgan fingerprint density at radius 3 is 2.74 bits per heavy atom. The minimum absolute atomic E-state index is 0.0938. The first kappa shape index (κ1) is 23.9. The molecule has 3 N–H and O–H groups in total. The number of rotatable bonds is 5. The second-order valence-electron chi connectivity index (χ2n) is 8.72. The average Bonchev–Trinajstić information content (AvgIpc) is 3.23. The maximum Gasteiger partial charge on any atom is 0.320 e. The summed E-state index contributed by atoms with van der Waals surface area (Å²) in [5.74, 6) is 0.691. The zero-order valence-corrected chi connectivity index (χ0v) is 20.4. The number of ether oxygens (including phenoxy) is 1. The third-order valence-electron chi connectivity index (χ3n) is 6.25. The highest BCUT2D eigenvalue weighted by Crippen LogP contribution is 2.33. The van der Waals surface area contributed by atoms with Gasteiger partial charge in [0.1, 0.15) is 28.7 Å². The number of hydrogen-bond donors (Lipinski definition) is 3. The van der Waals surface area contributed by atoms with Crippen molar-refractivity contribution in [3.8, 4) is 17.2 Å². The summed E-state index contributed by atoms with van der Waals surface area (Å²) >= 11 is 0. The molecule has 2 aromatic carbocycles. The highest BCUT2D eigenvalue weighted by Gasteiger charge is 2.21. The predicted octanol–water partition coefficient (Wildman–Crippen LogP) is 3.94. The molecule has 12 heteroatoms. The lowest BCUT2D eigenvalue weighted by atomic mass is 10.2. The van der Waals surface area contributed by atoms with Crippen molar-refractivity contribution < 1.29 is 18.7 Å². The molecule has 0 radical (unpaired) electrons. The first-order chi connectivity index (χ1) is 18.9. The van der Waals surface area contributed by atoms with Gasteiger partial charge in [0.05, 0.1) is 17.6 Å². The summed E-state index contributed by atoms with van der Waals surface area (Å²) in [7, 11) is 1.72. The van der Waals surface area contributed by atoms with Crippen LogP contribution in [0.3, 0.4) is 0 Å². The number of carbonyl (C=O) groups is 2. The number of aryl methyl sites for hydroxylation is 1. The molecule has 0 spiro atoms. The summed E-state index contributed by atoms with van der Waals surface area (Å²) in [6, 6.07) is 15.0. The first-order valence-electron chi connectivity index (χ1n) is 11.8. The monoisotopic (exact) mass is 525 g/mol.